The first kappa shape index (κ1) is 16.3. The number of hydrogen-bond donors (Lipinski definition) is 1. The van der Waals surface area contributed by atoms with Crippen molar-refractivity contribution in [2.24, 2.45) is 5.92 Å². The van der Waals surface area contributed by atoms with Crippen LogP contribution in [0.25, 0.3) is 0 Å². The smallest absolute Gasteiger partial charge is 0.0254 e. The van der Waals surface area contributed by atoms with Crippen molar-refractivity contribution in [2.75, 3.05) is 13.1 Å². The van der Waals surface area contributed by atoms with Crippen LogP contribution in [0.3, 0.4) is 0 Å². The van der Waals surface area contributed by atoms with Crippen molar-refractivity contribution >= 4 is 0 Å². The molecule has 20 heavy (non-hydrogen) atoms. The van der Waals surface area contributed by atoms with Crippen LogP contribution in [-0.2, 0) is 0 Å². The van der Waals surface area contributed by atoms with Gasteiger partial charge in [0.2, 0.25) is 0 Å². The van der Waals surface area contributed by atoms with E-state index in [2.05, 4.69) is 31.0 Å². The van der Waals surface area contributed by atoms with E-state index in [-0.39, 0.29) is 0 Å². The Morgan fingerprint density at radius 2 is 1.90 bits per heavy atom. The van der Waals surface area contributed by atoms with Crippen LogP contribution in [0.4, 0.5) is 0 Å². The number of nitrogens with zero attached hydrogens (tertiary/aromatic N) is 1. The summed E-state index contributed by atoms with van der Waals surface area (Å²) < 4.78 is 0. The summed E-state index contributed by atoms with van der Waals surface area (Å²) in [5, 5.41) is 3.86. The predicted octanol–water partition coefficient (Wildman–Crippen LogP) is 4.20. The van der Waals surface area contributed by atoms with Crippen LogP contribution < -0.4 is 5.32 Å². The quantitative estimate of drug-likeness (QED) is 0.752. The van der Waals surface area contributed by atoms with Gasteiger partial charge in [-0.15, -0.1) is 0 Å². The largest absolute Gasteiger partial charge is 0.312 e. The summed E-state index contributed by atoms with van der Waals surface area (Å²) in [6.07, 6.45) is 12.6. The minimum Gasteiger partial charge on any atom is -0.312 e. The molecule has 0 amide bonds. The molecule has 118 valence electrons. The zero-order chi connectivity index (χ0) is 14.4. The van der Waals surface area contributed by atoms with Gasteiger partial charge in [-0.1, -0.05) is 33.6 Å². The Labute approximate surface area is 126 Å². The lowest BCUT2D eigenvalue weighted by Crippen LogP contribution is -2.54. The average Bonchev–Trinajstić information content (AvgIpc) is 2.94. The van der Waals surface area contributed by atoms with Crippen molar-refractivity contribution in [3.63, 3.8) is 0 Å². The lowest BCUT2D eigenvalue weighted by atomic mass is 9.79. The lowest BCUT2D eigenvalue weighted by molar-refractivity contribution is 0.0821. The molecule has 0 radical (unpaired) electrons. The van der Waals surface area contributed by atoms with Crippen LogP contribution >= 0.6 is 0 Å². The van der Waals surface area contributed by atoms with E-state index in [1.807, 2.05) is 0 Å². The summed E-state index contributed by atoms with van der Waals surface area (Å²) in [6, 6.07) is 2.45. The number of nitrogens with one attached hydrogen (secondary N) is 1. The van der Waals surface area contributed by atoms with Gasteiger partial charge in [-0.25, -0.2) is 0 Å². The molecular weight excluding hydrogens is 244 g/mol. The zero-order valence-corrected chi connectivity index (χ0v) is 14.0. The molecule has 1 saturated heterocycles. The molecule has 1 heterocycles. The molecule has 2 heteroatoms. The van der Waals surface area contributed by atoms with Gasteiger partial charge >= 0.3 is 0 Å². The second-order valence-corrected chi connectivity index (χ2v) is 7.04. The highest BCUT2D eigenvalue weighted by Gasteiger charge is 2.37. The van der Waals surface area contributed by atoms with E-state index in [0.29, 0.717) is 0 Å². The average molecular weight is 280 g/mol. The summed E-state index contributed by atoms with van der Waals surface area (Å²) >= 11 is 0. The molecule has 1 aliphatic carbocycles. The molecule has 0 aromatic carbocycles. The number of hydrogen-bond acceptors (Lipinski definition) is 2. The summed E-state index contributed by atoms with van der Waals surface area (Å²) in [6.45, 7) is 9.57. The highest BCUT2D eigenvalue weighted by atomic mass is 15.2. The molecule has 1 aliphatic heterocycles. The molecule has 1 N–H and O–H groups in total. The monoisotopic (exact) mass is 280 g/mol. The minimum absolute atomic E-state index is 0.759. The summed E-state index contributed by atoms with van der Waals surface area (Å²) in [5.74, 6) is 0.989. The Hall–Kier alpha value is -0.0800. The third-order valence-corrected chi connectivity index (χ3v) is 5.60. The summed E-state index contributed by atoms with van der Waals surface area (Å²) in [4.78, 5) is 2.88. The van der Waals surface area contributed by atoms with E-state index in [9.17, 15) is 0 Å². The third-order valence-electron chi connectivity index (χ3n) is 5.60. The zero-order valence-electron chi connectivity index (χ0n) is 14.0. The van der Waals surface area contributed by atoms with E-state index in [0.717, 1.165) is 24.0 Å². The van der Waals surface area contributed by atoms with Crippen molar-refractivity contribution in [1.82, 2.24) is 10.2 Å². The standard InChI is InChI=1S/C18H36N2/c1-4-8-15-10-11-17(19-12-5-2)18(14-15)20-13-7-9-16(20)6-3/h15-19H,4-14H2,1-3H3. The van der Waals surface area contributed by atoms with Gasteiger partial charge in [0.15, 0.2) is 0 Å². The first-order chi connectivity index (χ1) is 9.80. The van der Waals surface area contributed by atoms with Gasteiger partial charge in [0.05, 0.1) is 0 Å². The van der Waals surface area contributed by atoms with Crippen LogP contribution in [0.5, 0.6) is 0 Å². The lowest BCUT2D eigenvalue weighted by Gasteiger charge is -2.44. The van der Waals surface area contributed by atoms with Crippen molar-refractivity contribution in [3.05, 3.63) is 0 Å². The molecule has 2 nitrogen and oxygen atoms in total. The van der Waals surface area contributed by atoms with Crippen molar-refractivity contribution < 1.29 is 0 Å². The molecule has 2 rings (SSSR count). The van der Waals surface area contributed by atoms with Gasteiger partial charge in [0.1, 0.15) is 0 Å². The predicted molar refractivity (Wildman–Crippen MR) is 88.1 cm³/mol. The van der Waals surface area contributed by atoms with Gasteiger partial charge < -0.3 is 5.32 Å². The Balaban J connectivity index is 2.00. The Morgan fingerprint density at radius 1 is 1.05 bits per heavy atom. The molecule has 4 unspecified atom stereocenters. The van der Waals surface area contributed by atoms with Gasteiger partial charge in [-0.05, 0) is 64.0 Å². The van der Waals surface area contributed by atoms with Gasteiger partial charge in [0.25, 0.3) is 0 Å². The molecule has 2 aliphatic rings. The van der Waals surface area contributed by atoms with E-state index in [1.165, 1.54) is 70.9 Å². The second kappa shape index (κ2) is 8.38. The second-order valence-electron chi connectivity index (χ2n) is 7.04. The van der Waals surface area contributed by atoms with E-state index in [4.69, 9.17) is 0 Å². The summed E-state index contributed by atoms with van der Waals surface area (Å²) in [7, 11) is 0. The van der Waals surface area contributed by atoms with Crippen LogP contribution in [-0.4, -0.2) is 36.1 Å². The van der Waals surface area contributed by atoms with Crippen LogP contribution in [0.15, 0.2) is 0 Å². The molecule has 4 atom stereocenters. The fraction of sp³-hybridized carbons (Fsp3) is 1.00. The molecular formula is C18H36N2. The Kier molecular flexibility index (Phi) is 6.83. The van der Waals surface area contributed by atoms with Crippen LogP contribution in [0.2, 0.25) is 0 Å². The van der Waals surface area contributed by atoms with E-state index in [1.54, 1.807) is 0 Å². The van der Waals surface area contributed by atoms with Gasteiger partial charge in [0, 0.05) is 18.1 Å². The maximum atomic E-state index is 3.86. The third kappa shape index (κ3) is 3.98. The van der Waals surface area contributed by atoms with Crippen LogP contribution in [0, 0.1) is 5.92 Å². The highest BCUT2D eigenvalue weighted by molar-refractivity contribution is 4.95. The molecule has 0 spiro atoms. The summed E-state index contributed by atoms with van der Waals surface area (Å²) in [5.41, 5.74) is 0. The van der Waals surface area contributed by atoms with Crippen LogP contribution in [0.1, 0.15) is 78.6 Å². The van der Waals surface area contributed by atoms with Gasteiger partial charge in [-0.2, -0.15) is 0 Å². The number of rotatable bonds is 7. The molecule has 2 fully saturated rings. The normalized spacial score (nSPS) is 35.5. The van der Waals surface area contributed by atoms with E-state index < -0.39 is 0 Å². The molecule has 0 aromatic heterocycles. The Bertz CT molecular complexity index is 266. The van der Waals surface area contributed by atoms with Crippen molar-refractivity contribution in [2.45, 2.75) is 96.7 Å². The highest BCUT2D eigenvalue weighted by Crippen LogP contribution is 2.35. The van der Waals surface area contributed by atoms with E-state index >= 15 is 0 Å². The minimum atomic E-state index is 0.759. The fourth-order valence-corrected chi connectivity index (χ4v) is 4.57. The van der Waals surface area contributed by atoms with Crippen molar-refractivity contribution in [1.29, 1.82) is 0 Å². The first-order valence-electron chi connectivity index (χ1n) is 9.29. The fourth-order valence-electron chi connectivity index (χ4n) is 4.57. The van der Waals surface area contributed by atoms with Crippen molar-refractivity contribution in [3.8, 4) is 0 Å². The molecule has 0 aromatic rings. The van der Waals surface area contributed by atoms with Gasteiger partial charge in [-0.3, -0.25) is 4.90 Å². The topological polar surface area (TPSA) is 15.3 Å². The molecule has 0 bridgehead atoms. The number of likely N-dealkylation sites (tertiary alicyclic amines) is 1. The SMILES string of the molecule is CCCNC1CCC(CCC)CC1N1CCCC1CC. The molecule has 1 saturated carbocycles. The maximum Gasteiger partial charge on any atom is 0.0254 e. The maximum absolute atomic E-state index is 3.86. The Morgan fingerprint density at radius 3 is 2.60 bits per heavy atom. The first-order valence-corrected chi connectivity index (χ1v) is 9.29.